The first-order valence-electron chi connectivity index (χ1n) is 8.53. The zero-order valence-electron chi connectivity index (χ0n) is 15.5. The second-order valence-electron chi connectivity index (χ2n) is 6.57. The van der Waals surface area contributed by atoms with Crippen LogP contribution in [0.2, 0.25) is 0 Å². The number of aryl methyl sites for hydroxylation is 1. The summed E-state index contributed by atoms with van der Waals surface area (Å²) in [5.74, 6) is -0.331. The van der Waals surface area contributed by atoms with Gasteiger partial charge in [0.05, 0.1) is 11.4 Å². The third kappa shape index (κ3) is 3.79. The second kappa shape index (κ2) is 7.25. The van der Waals surface area contributed by atoms with E-state index in [0.717, 1.165) is 33.4 Å². The lowest BCUT2D eigenvalue weighted by molar-refractivity contribution is 0.555. The standard InChI is InChI=1S/C20H22FN3O2S/c1-13-10-15(7-9-23-13)20-14(2)24(12-16(21)6-8-22)19-5-4-17(11-18(19)20)27(3,25)26/h4-7,9-11H,8,12,22H2,1-3H3/b16-6-. The Kier molecular flexibility index (Phi) is 5.17. The largest absolute Gasteiger partial charge is 0.337 e. The summed E-state index contributed by atoms with van der Waals surface area (Å²) in [6.45, 7) is 3.96. The lowest BCUT2D eigenvalue weighted by Crippen LogP contribution is -2.03. The molecule has 2 N–H and O–H groups in total. The van der Waals surface area contributed by atoms with E-state index in [2.05, 4.69) is 4.98 Å². The SMILES string of the molecule is Cc1cc(-c2c(C)n(C/C(F)=C/CN)c3ccc(S(C)(=O)=O)cc23)ccn1. The average Bonchev–Trinajstić information content (AvgIpc) is 2.86. The molecule has 1 aromatic carbocycles. The lowest BCUT2D eigenvalue weighted by Gasteiger charge is -2.08. The molecule has 0 aliphatic heterocycles. The number of halogens is 1. The Morgan fingerprint density at radius 1 is 1.26 bits per heavy atom. The molecule has 7 heteroatoms. The van der Waals surface area contributed by atoms with Crippen LogP contribution in [-0.2, 0) is 16.4 Å². The number of allylic oxidation sites excluding steroid dienone is 1. The quantitative estimate of drug-likeness (QED) is 0.726. The predicted octanol–water partition coefficient (Wildman–Crippen LogP) is 3.54. The van der Waals surface area contributed by atoms with Crippen molar-refractivity contribution >= 4 is 20.7 Å². The van der Waals surface area contributed by atoms with Crippen LogP contribution in [0.25, 0.3) is 22.0 Å². The van der Waals surface area contributed by atoms with Gasteiger partial charge in [0, 0.05) is 46.9 Å². The van der Waals surface area contributed by atoms with E-state index in [1.54, 1.807) is 24.4 Å². The summed E-state index contributed by atoms with van der Waals surface area (Å²) >= 11 is 0. The van der Waals surface area contributed by atoms with Crippen LogP contribution < -0.4 is 5.73 Å². The van der Waals surface area contributed by atoms with Crippen molar-refractivity contribution in [2.45, 2.75) is 25.3 Å². The summed E-state index contributed by atoms with van der Waals surface area (Å²) in [5, 5.41) is 0.765. The smallest absolute Gasteiger partial charge is 0.175 e. The van der Waals surface area contributed by atoms with E-state index < -0.39 is 9.84 Å². The van der Waals surface area contributed by atoms with Crippen molar-refractivity contribution in [2.75, 3.05) is 12.8 Å². The molecule has 5 nitrogen and oxygen atoms in total. The molecule has 0 amide bonds. The van der Waals surface area contributed by atoms with Crippen LogP contribution in [0.3, 0.4) is 0 Å². The Bertz CT molecular complexity index is 1150. The van der Waals surface area contributed by atoms with Gasteiger partial charge in [-0.2, -0.15) is 0 Å². The number of hydrogen-bond acceptors (Lipinski definition) is 4. The predicted molar refractivity (Wildman–Crippen MR) is 106 cm³/mol. The number of aromatic nitrogens is 2. The Balaban J connectivity index is 2.34. The molecular formula is C20H22FN3O2S. The van der Waals surface area contributed by atoms with Crippen LogP contribution >= 0.6 is 0 Å². The van der Waals surface area contributed by atoms with E-state index >= 15 is 0 Å². The molecule has 0 saturated carbocycles. The van der Waals surface area contributed by atoms with Crippen molar-refractivity contribution in [3.8, 4) is 11.1 Å². The van der Waals surface area contributed by atoms with Gasteiger partial charge in [0.1, 0.15) is 5.83 Å². The molecule has 3 rings (SSSR count). The summed E-state index contributed by atoms with van der Waals surface area (Å²) in [7, 11) is -3.36. The zero-order valence-corrected chi connectivity index (χ0v) is 16.3. The van der Waals surface area contributed by atoms with E-state index in [0.29, 0.717) is 0 Å². The Morgan fingerprint density at radius 3 is 2.63 bits per heavy atom. The first-order chi connectivity index (χ1) is 12.7. The molecule has 0 spiro atoms. The number of benzene rings is 1. The number of sulfone groups is 1. The number of fused-ring (bicyclic) bond motifs is 1. The summed E-state index contributed by atoms with van der Waals surface area (Å²) in [6, 6.07) is 8.75. The molecule has 0 radical (unpaired) electrons. The summed E-state index contributed by atoms with van der Waals surface area (Å²) in [4.78, 5) is 4.46. The maximum absolute atomic E-state index is 14.2. The van der Waals surface area contributed by atoms with Gasteiger partial charge in [-0.3, -0.25) is 4.98 Å². The number of nitrogens with zero attached hydrogens (tertiary/aromatic N) is 2. The van der Waals surface area contributed by atoms with Crippen LogP contribution in [0.5, 0.6) is 0 Å². The third-order valence-corrected chi connectivity index (χ3v) is 5.67. The van der Waals surface area contributed by atoms with Crippen molar-refractivity contribution in [3.05, 3.63) is 59.8 Å². The van der Waals surface area contributed by atoms with Crippen LogP contribution in [-0.4, -0.2) is 30.8 Å². The zero-order chi connectivity index (χ0) is 19.8. The molecule has 3 aromatic rings. The Labute approximate surface area is 158 Å². The average molecular weight is 387 g/mol. The maximum atomic E-state index is 14.2. The fourth-order valence-electron chi connectivity index (χ4n) is 3.30. The van der Waals surface area contributed by atoms with Crippen LogP contribution in [0.15, 0.2) is 53.3 Å². The molecule has 0 atom stereocenters. The number of hydrogen-bond donors (Lipinski definition) is 1. The van der Waals surface area contributed by atoms with Crippen LogP contribution in [0.1, 0.15) is 11.4 Å². The second-order valence-corrected chi connectivity index (χ2v) is 8.59. The molecule has 0 bridgehead atoms. The number of nitrogens with two attached hydrogens (primary N) is 1. The van der Waals surface area contributed by atoms with Crippen molar-refractivity contribution in [1.29, 1.82) is 0 Å². The molecule has 0 aliphatic rings. The molecule has 0 aliphatic carbocycles. The maximum Gasteiger partial charge on any atom is 0.175 e. The molecule has 2 heterocycles. The van der Waals surface area contributed by atoms with Gasteiger partial charge in [-0.1, -0.05) is 0 Å². The van der Waals surface area contributed by atoms with Crippen molar-refractivity contribution in [1.82, 2.24) is 9.55 Å². The van der Waals surface area contributed by atoms with Crippen molar-refractivity contribution < 1.29 is 12.8 Å². The van der Waals surface area contributed by atoms with E-state index in [4.69, 9.17) is 5.73 Å². The highest BCUT2D eigenvalue weighted by atomic mass is 32.2. The van der Waals surface area contributed by atoms with Crippen molar-refractivity contribution in [3.63, 3.8) is 0 Å². The van der Waals surface area contributed by atoms with E-state index in [1.807, 2.05) is 30.5 Å². The van der Waals surface area contributed by atoms with Gasteiger partial charge in [-0.05, 0) is 55.8 Å². The van der Waals surface area contributed by atoms with Crippen LogP contribution in [0.4, 0.5) is 4.39 Å². The minimum absolute atomic E-state index is 0.0435. The minimum Gasteiger partial charge on any atom is -0.337 e. The molecule has 0 unspecified atom stereocenters. The first-order valence-corrected chi connectivity index (χ1v) is 10.4. The van der Waals surface area contributed by atoms with Gasteiger partial charge < -0.3 is 10.3 Å². The van der Waals surface area contributed by atoms with Gasteiger partial charge in [0.25, 0.3) is 0 Å². The van der Waals surface area contributed by atoms with Gasteiger partial charge >= 0.3 is 0 Å². The fourth-order valence-corrected chi connectivity index (χ4v) is 3.95. The summed E-state index contributed by atoms with van der Waals surface area (Å²) in [5.41, 5.74) is 9.67. The fraction of sp³-hybridized carbons (Fsp3) is 0.250. The van der Waals surface area contributed by atoms with Crippen LogP contribution in [0, 0.1) is 13.8 Å². The van der Waals surface area contributed by atoms with E-state index in [-0.39, 0.29) is 23.8 Å². The lowest BCUT2D eigenvalue weighted by atomic mass is 10.0. The summed E-state index contributed by atoms with van der Waals surface area (Å²) < 4.78 is 40.1. The molecule has 27 heavy (non-hydrogen) atoms. The summed E-state index contributed by atoms with van der Waals surface area (Å²) in [6.07, 6.45) is 4.23. The van der Waals surface area contributed by atoms with Gasteiger partial charge in [-0.15, -0.1) is 0 Å². The van der Waals surface area contributed by atoms with E-state index in [1.165, 1.54) is 12.3 Å². The molecule has 0 fully saturated rings. The molecule has 0 saturated heterocycles. The number of pyridine rings is 1. The highest BCUT2D eigenvalue weighted by Gasteiger charge is 2.19. The molecule has 142 valence electrons. The molecule has 2 aromatic heterocycles. The van der Waals surface area contributed by atoms with Gasteiger partial charge in [0.15, 0.2) is 9.84 Å². The Morgan fingerprint density at radius 2 is 2.00 bits per heavy atom. The highest BCUT2D eigenvalue weighted by molar-refractivity contribution is 7.90. The van der Waals surface area contributed by atoms with E-state index in [9.17, 15) is 12.8 Å². The Hall–Kier alpha value is -2.51. The molecular weight excluding hydrogens is 365 g/mol. The van der Waals surface area contributed by atoms with Gasteiger partial charge in [0.2, 0.25) is 0 Å². The first kappa shape index (κ1) is 19.3. The number of rotatable bonds is 5. The van der Waals surface area contributed by atoms with Crippen molar-refractivity contribution in [2.24, 2.45) is 5.73 Å². The normalized spacial score (nSPS) is 12.7. The minimum atomic E-state index is -3.36. The highest BCUT2D eigenvalue weighted by Crippen LogP contribution is 2.36. The third-order valence-electron chi connectivity index (χ3n) is 4.56. The topological polar surface area (TPSA) is 78.0 Å². The monoisotopic (exact) mass is 387 g/mol. The van der Waals surface area contributed by atoms with Gasteiger partial charge in [-0.25, -0.2) is 12.8 Å².